The third-order valence-electron chi connectivity index (χ3n) is 2.55. The standard InChI is InChI=1S/C12H19N3O2S/c1-17-8-6-15(5-7-16)9-10-3-2-4-14-11(10)12(13)18/h2-4,16H,5-9H2,1H3,(H2,13,18). The largest absolute Gasteiger partial charge is 0.395 e. The first kappa shape index (κ1) is 15.0. The Labute approximate surface area is 113 Å². The Morgan fingerprint density at radius 1 is 1.56 bits per heavy atom. The van der Waals surface area contributed by atoms with Gasteiger partial charge in [0.15, 0.2) is 0 Å². The maximum Gasteiger partial charge on any atom is 0.123 e. The zero-order valence-electron chi connectivity index (χ0n) is 10.5. The predicted molar refractivity (Wildman–Crippen MR) is 74.4 cm³/mol. The molecule has 0 aliphatic heterocycles. The summed E-state index contributed by atoms with van der Waals surface area (Å²) < 4.78 is 5.04. The fourth-order valence-corrected chi connectivity index (χ4v) is 1.84. The molecule has 0 aromatic carbocycles. The number of nitrogens with zero attached hydrogens (tertiary/aromatic N) is 2. The number of pyridine rings is 1. The van der Waals surface area contributed by atoms with E-state index in [1.165, 1.54) is 0 Å². The minimum absolute atomic E-state index is 0.104. The number of hydrogen-bond acceptors (Lipinski definition) is 5. The number of aromatic nitrogens is 1. The van der Waals surface area contributed by atoms with Gasteiger partial charge in [-0.25, -0.2) is 0 Å². The molecule has 0 atom stereocenters. The molecule has 0 saturated carbocycles. The Morgan fingerprint density at radius 3 is 2.94 bits per heavy atom. The molecule has 0 bridgehead atoms. The number of aliphatic hydroxyl groups is 1. The number of nitrogens with two attached hydrogens (primary N) is 1. The van der Waals surface area contributed by atoms with Crippen molar-refractivity contribution < 1.29 is 9.84 Å². The van der Waals surface area contributed by atoms with Gasteiger partial charge in [-0.15, -0.1) is 0 Å². The normalized spacial score (nSPS) is 10.8. The van der Waals surface area contributed by atoms with E-state index < -0.39 is 0 Å². The van der Waals surface area contributed by atoms with E-state index in [9.17, 15) is 0 Å². The van der Waals surface area contributed by atoms with Crippen LogP contribution in [0.25, 0.3) is 0 Å². The summed E-state index contributed by atoms with van der Waals surface area (Å²) in [6, 6.07) is 3.79. The summed E-state index contributed by atoms with van der Waals surface area (Å²) >= 11 is 4.98. The van der Waals surface area contributed by atoms with E-state index in [-0.39, 0.29) is 6.61 Å². The highest BCUT2D eigenvalue weighted by molar-refractivity contribution is 7.80. The average Bonchev–Trinajstić information content (AvgIpc) is 2.36. The van der Waals surface area contributed by atoms with Crippen LogP contribution in [0, 0.1) is 0 Å². The second kappa shape index (κ2) is 8.10. The van der Waals surface area contributed by atoms with Crippen molar-refractivity contribution in [2.45, 2.75) is 6.54 Å². The number of rotatable bonds is 8. The van der Waals surface area contributed by atoms with E-state index in [1.807, 2.05) is 12.1 Å². The summed E-state index contributed by atoms with van der Waals surface area (Å²) in [5.74, 6) is 0. The van der Waals surface area contributed by atoms with Crippen molar-refractivity contribution in [1.82, 2.24) is 9.88 Å². The van der Waals surface area contributed by atoms with Gasteiger partial charge in [0.05, 0.1) is 13.2 Å². The van der Waals surface area contributed by atoms with E-state index in [0.717, 1.165) is 12.1 Å². The lowest BCUT2D eigenvalue weighted by Gasteiger charge is -2.21. The Morgan fingerprint density at radius 2 is 2.33 bits per heavy atom. The molecule has 5 nitrogen and oxygen atoms in total. The summed E-state index contributed by atoms with van der Waals surface area (Å²) in [6.45, 7) is 2.68. The minimum Gasteiger partial charge on any atom is -0.395 e. The van der Waals surface area contributed by atoms with Crippen LogP contribution in [0.1, 0.15) is 11.3 Å². The first-order valence-corrected chi connectivity index (χ1v) is 6.15. The predicted octanol–water partition coefficient (Wildman–Crippen LogP) is 0.156. The van der Waals surface area contributed by atoms with Gasteiger partial charge in [0.1, 0.15) is 10.7 Å². The SMILES string of the molecule is COCCN(CCO)Cc1cccnc1C(N)=S. The zero-order chi connectivity index (χ0) is 13.4. The fraction of sp³-hybridized carbons (Fsp3) is 0.500. The molecule has 0 fully saturated rings. The summed E-state index contributed by atoms with van der Waals surface area (Å²) in [4.78, 5) is 6.55. The molecule has 1 heterocycles. The van der Waals surface area contributed by atoms with Crippen LogP contribution in [0.3, 0.4) is 0 Å². The van der Waals surface area contributed by atoms with Crippen molar-refractivity contribution >= 4 is 17.2 Å². The highest BCUT2D eigenvalue weighted by atomic mass is 32.1. The molecule has 0 saturated heterocycles. The smallest absolute Gasteiger partial charge is 0.123 e. The second-order valence-corrected chi connectivity index (χ2v) is 4.31. The number of methoxy groups -OCH3 is 1. The van der Waals surface area contributed by atoms with Gasteiger partial charge in [0, 0.05) is 32.9 Å². The van der Waals surface area contributed by atoms with E-state index in [0.29, 0.717) is 30.4 Å². The molecular weight excluding hydrogens is 250 g/mol. The molecule has 1 rings (SSSR count). The molecule has 0 amide bonds. The van der Waals surface area contributed by atoms with Gasteiger partial charge in [-0.3, -0.25) is 9.88 Å². The van der Waals surface area contributed by atoms with Crippen LogP contribution in [-0.2, 0) is 11.3 Å². The maximum absolute atomic E-state index is 9.04. The Bertz CT molecular complexity index is 387. The number of hydrogen-bond donors (Lipinski definition) is 2. The van der Waals surface area contributed by atoms with Crippen LogP contribution in [0.15, 0.2) is 18.3 Å². The highest BCUT2D eigenvalue weighted by Crippen LogP contribution is 2.09. The van der Waals surface area contributed by atoms with E-state index in [4.69, 9.17) is 27.8 Å². The summed E-state index contributed by atoms with van der Waals surface area (Å²) in [6.07, 6.45) is 1.67. The van der Waals surface area contributed by atoms with Crippen LogP contribution in [-0.4, -0.2) is 53.4 Å². The molecule has 0 aliphatic carbocycles. The van der Waals surface area contributed by atoms with E-state index in [1.54, 1.807) is 13.3 Å². The Hall–Kier alpha value is -1.08. The first-order valence-electron chi connectivity index (χ1n) is 5.75. The van der Waals surface area contributed by atoms with Crippen molar-refractivity contribution in [2.75, 3.05) is 33.4 Å². The van der Waals surface area contributed by atoms with E-state index >= 15 is 0 Å². The van der Waals surface area contributed by atoms with Crippen LogP contribution >= 0.6 is 12.2 Å². The Kier molecular flexibility index (Phi) is 6.74. The van der Waals surface area contributed by atoms with Crippen molar-refractivity contribution in [3.8, 4) is 0 Å². The molecule has 18 heavy (non-hydrogen) atoms. The molecule has 3 N–H and O–H groups in total. The van der Waals surface area contributed by atoms with Gasteiger partial charge in [-0.1, -0.05) is 18.3 Å². The number of aliphatic hydroxyl groups excluding tert-OH is 1. The molecule has 1 aromatic rings. The topological polar surface area (TPSA) is 71.6 Å². The van der Waals surface area contributed by atoms with Crippen molar-refractivity contribution in [3.05, 3.63) is 29.6 Å². The number of ether oxygens (including phenoxy) is 1. The van der Waals surface area contributed by atoms with Gasteiger partial charge in [-0.2, -0.15) is 0 Å². The fourth-order valence-electron chi connectivity index (χ4n) is 1.66. The lowest BCUT2D eigenvalue weighted by Crippen LogP contribution is -2.31. The highest BCUT2D eigenvalue weighted by Gasteiger charge is 2.10. The maximum atomic E-state index is 9.04. The van der Waals surface area contributed by atoms with Crippen LogP contribution in [0.4, 0.5) is 0 Å². The second-order valence-electron chi connectivity index (χ2n) is 3.87. The van der Waals surface area contributed by atoms with Gasteiger partial charge in [-0.05, 0) is 11.6 Å². The van der Waals surface area contributed by atoms with Gasteiger partial charge >= 0.3 is 0 Å². The lowest BCUT2D eigenvalue weighted by atomic mass is 10.1. The van der Waals surface area contributed by atoms with Crippen molar-refractivity contribution in [2.24, 2.45) is 5.73 Å². The molecule has 0 spiro atoms. The average molecular weight is 269 g/mol. The first-order chi connectivity index (χ1) is 8.69. The van der Waals surface area contributed by atoms with Gasteiger partial charge in [0.25, 0.3) is 0 Å². The van der Waals surface area contributed by atoms with Crippen LogP contribution in [0.2, 0.25) is 0 Å². The van der Waals surface area contributed by atoms with Gasteiger partial charge < -0.3 is 15.6 Å². The quantitative estimate of drug-likeness (QED) is 0.655. The Balaban J connectivity index is 2.76. The molecule has 0 aliphatic rings. The van der Waals surface area contributed by atoms with Gasteiger partial charge in [0.2, 0.25) is 0 Å². The zero-order valence-corrected chi connectivity index (χ0v) is 11.3. The van der Waals surface area contributed by atoms with Crippen molar-refractivity contribution in [3.63, 3.8) is 0 Å². The van der Waals surface area contributed by atoms with E-state index in [2.05, 4.69) is 9.88 Å². The molecular formula is C12H19N3O2S. The molecule has 0 radical (unpaired) electrons. The molecule has 6 heteroatoms. The summed E-state index contributed by atoms with van der Waals surface area (Å²) in [7, 11) is 1.65. The van der Waals surface area contributed by atoms with Crippen LogP contribution in [0.5, 0.6) is 0 Å². The minimum atomic E-state index is 0.104. The molecule has 0 unspecified atom stereocenters. The monoisotopic (exact) mass is 269 g/mol. The van der Waals surface area contributed by atoms with Crippen LogP contribution < -0.4 is 5.73 Å². The molecule has 1 aromatic heterocycles. The third-order valence-corrected chi connectivity index (χ3v) is 2.74. The van der Waals surface area contributed by atoms with Crippen molar-refractivity contribution in [1.29, 1.82) is 0 Å². The third kappa shape index (κ3) is 4.66. The summed E-state index contributed by atoms with van der Waals surface area (Å²) in [5, 5.41) is 9.04. The number of thiocarbonyl (C=S) groups is 1. The summed E-state index contributed by atoms with van der Waals surface area (Å²) in [5.41, 5.74) is 7.25. The molecule has 100 valence electrons. The lowest BCUT2D eigenvalue weighted by molar-refractivity contribution is 0.127.